The van der Waals surface area contributed by atoms with Crippen LogP contribution in [-0.4, -0.2) is 11.8 Å². The Morgan fingerprint density at radius 2 is 1.36 bits per heavy atom. The molecule has 0 atom stereocenters. The van der Waals surface area contributed by atoms with Crippen molar-refractivity contribution in [3.8, 4) is 28.3 Å². The van der Waals surface area contributed by atoms with E-state index in [0.29, 0.717) is 0 Å². The second-order valence-electron chi connectivity index (χ2n) is 12.1. The van der Waals surface area contributed by atoms with E-state index in [0.717, 1.165) is 63.3 Å². The Morgan fingerprint density at radius 3 is 2.33 bits per heavy atom. The highest BCUT2D eigenvalue weighted by Gasteiger charge is 2.31. The summed E-state index contributed by atoms with van der Waals surface area (Å²) >= 11 is 0. The molecule has 0 amide bonds. The van der Waals surface area contributed by atoms with Gasteiger partial charge in [-0.15, -0.1) is 0 Å². The molecule has 2 aromatic heterocycles. The third-order valence-corrected chi connectivity index (χ3v) is 9.78. The molecule has 9 aromatic rings. The van der Waals surface area contributed by atoms with Gasteiger partial charge in [-0.25, -0.2) is 0 Å². The van der Waals surface area contributed by atoms with Crippen LogP contribution in [0.3, 0.4) is 0 Å². The zero-order valence-corrected chi connectivity index (χ0v) is 24.1. The van der Waals surface area contributed by atoms with E-state index in [4.69, 9.17) is 9.15 Å². The van der Waals surface area contributed by atoms with Crippen molar-refractivity contribution in [3.05, 3.63) is 127 Å². The predicted octanol–water partition coefficient (Wildman–Crippen LogP) is 9.05. The molecule has 0 fully saturated rings. The molecular formula is C40H23BN2O2. The average Bonchev–Trinajstić information content (AvgIpc) is 3.64. The van der Waals surface area contributed by atoms with Gasteiger partial charge in [0.25, 0.3) is 0 Å². The third kappa shape index (κ3) is 3.02. The molecule has 5 heteroatoms. The van der Waals surface area contributed by atoms with E-state index in [1.54, 1.807) is 0 Å². The second kappa shape index (κ2) is 8.37. The van der Waals surface area contributed by atoms with Crippen molar-refractivity contribution in [2.24, 2.45) is 0 Å². The molecule has 2 aliphatic heterocycles. The summed E-state index contributed by atoms with van der Waals surface area (Å²) in [6, 6.07) is 45.2. The van der Waals surface area contributed by atoms with Crippen LogP contribution in [0.2, 0.25) is 0 Å². The maximum absolute atomic E-state index is 6.82. The topological polar surface area (TPSA) is 39.3 Å². The number of aromatic nitrogens is 1. The van der Waals surface area contributed by atoms with Crippen LogP contribution in [0.1, 0.15) is 0 Å². The molecule has 7 aromatic carbocycles. The van der Waals surface area contributed by atoms with Gasteiger partial charge in [-0.3, -0.25) is 0 Å². The normalized spacial score (nSPS) is 13.0. The van der Waals surface area contributed by atoms with Crippen molar-refractivity contribution in [3.63, 3.8) is 0 Å². The zero-order chi connectivity index (χ0) is 29.2. The van der Waals surface area contributed by atoms with Crippen LogP contribution in [0.15, 0.2) is 132 Å². The Bertz CT molecular complexity index is 2750. The zero-order valence-electron chi connectivity index (χ0n) is 24.1. The molecule has 2 aliphatic rings. The molecular weight excluding hydrogens is 551 g/mol. The molecule has 0 bridgehead atoms. The number of rotatable bonds is 1. The Hall–Kier alpha value is -5.94. The van der Waals surface area contributed by atoms with Crippen molar-refractivity contribution >= 4 is 84.1 Å². The summed E-state index contributed by atoms with van der Waals surface area (Å²) < 4.78 is 15.8. The maximum atomic E-state index is 6.82. The molecule has 0 radical (unpaired) electrons. The molecule has 4 heterocycles. The standard InChI is InChI=1S/C40H23BN2O2/c1-2-10-23-22(9-1)19-20-27-26-13-7-14-30-38(26)43(37(23)27)39-35(41-30)28(21-29-24-11-3-5-16-32(24)45-40(29)39)25-12-8-18-34-36(25)42-31-15-4-6-17-33(31)44-34/h1-21,41-42H. The Balaban J connectivity index is 1.33. The number of nitrogens with zero attached hydrogens (tertiary/aromatic N) is 1. The summed E-state index contributed by atoms with van der Waals surface area (Å²) in [5, 5.41) is 11.0. The summed E-state index contributed by atoms with van der Waals surface area (Å²) in [6.07, 6.45) is 0. The van der Waals surface area contributed by atoms with Gasteiger partial charge in [0, 0.05) is 38.0 Å². The third-order valence-electron chi connectivity index (χ3n) is 9.78. The van der Waals surface area contributed by atoms with Crippen LogP contribution in [0.4, 0.5) is 11.4 Å². The molecule has 208 valence electrons. The number of hydrogen-bond donors (Lipinski definition) is 1. The first-order valence-electron chi connectivity index (χ1n) is 15.4. The minimum Gasteiger partial charge on any atom is -0.454 e. The number of para-hydroxylation sites is 5. The van der Waals surface area contributed by atoms with E-state index in [1.165, 1.54) is 49.1 Å². The molecule has 0 spiro atoms. The van der Waals surface area contributed by atoms with Gasteiger partial charge >= 0.3 is 0 Å². The lowest BCUT2D eigenvalue weighted by molar-refractivity contribution is 0.481. The largest absolute Gasteiger partial charge is 0.454 e. The maximum Gasteiger partial charge on any atom is 0.198 e. The molecule has 0 saturated carbocycles. The van der Waals surface area contributed by atoms with E-state index in [2.05, 4.69) is 113 Å². The van der Waals surface area contributed by atoms with Crippen LogP contribution in [0, 0.1) is 0 Å². The van der Waals surface area contributed by atoms with Crippen LogP contribution in [0.25, 0.3) is 71.3 Å². The summed E-state index contributed by atoms with van der Waals surface area (Å²) in [6.45, 7) is 0. The quantitative estimate of drug-likeness (QED) is 0.199. The number of benzene rings is 7. The SMILES string of the molecule is B1c2c(-c3cccc4c3Nc3ccccc3O4)cc3c(oc4ccccc43)c2-n2c3c1cccc3c1ccc3ccccc3c12. The van der Waals surface area contributed by atoms with Gasteiger partial charge in [-0.05, 0) is 46.7 Å². The molecule has 11 rings (SSSR count). The Kier molecular flexibility index (Phi) is 4.37. The molecule has 0 saturated heterocycles. The number of ether oxygens (including phenoxy) is 1. The summed E-state index contributed by atoms with van der Waals surface area (Å²) in [7, 11) is 0.796. The smallest absolute Gasteiger partial charge is 0.198 e. The van der Waals surface area contributed by atoms with Gasteiger partial charge in [0.05, 0.1) is 22.6 Å². The van der Waals surface area contributed by atoms with Crippen molar-refractivity contribution in [2.45, 2.75) is 0 Å². The number of furan rings is 1. The molecule has 0 unspecified atom stereocenters. The van der Waals surface area contributed by atoms with E-state index < -0.39 is 0 Å². The summed E-state index contributed by atoms with van der Waals surface area (Å²) in [5.41, 5.74) is 12.3. The van der Waals surface area contributed by atoms with Crippen LogP contribution < -0.4 is 21.0 Å². The Labute approximate surface area is 258 Å². The molecule has 1 N–H and O–H groups in total. The average molecular weight is 574 g/mol. The fourth-order valence-electron chi connectivity index (χ4n) is 7.87. The fraction of sp³-hybridized carbons (Fsp3) is 0. The first-order chi connectivity index (χ1) is 22.3. The van der Waals surface area contributed by atoms with Crippen molar-refractivity contribution < 1.29 is 9.15 Å². The Morgan fingerprint density at radius 1 is 0.578 bits per heavy atom. The second-order valence-corrected chi connectivity index (χ2v) is 12.1. The fourth-order valence-corrected chi connectivity index (χ4v) is 7.87. The van der Waals surface area contributed by atoms with Gasteiger partial charge in [-0.2, -0.15) is 0 Å². The summed E-state index contributed by atoms with van der Waals surface area (Å²) in [5.74, 6) is 1.66. The number of fused-ring (bicyclic) bond motifs is 13. The highest BCUT2D eigenvalue weighted by atomic mass is 16.5. The van der Waals surface area contributed by atoms with Crippen LogP contribution in [-0.2, 0) is 0 Å². The predicted molar refractivity (Wildman–Crippen MR) is 187 cm³/mol. The van der Waals surface area contributed by atoms with Gasteiger partial charge < -0.3 is 19.0 Å². The number of hydrogen-bond acceptors (Lipinski definition) is 3. The first-order valence-corrected chi connectivity index (χ1v) is 15.4. The van der Waals surface area contributed by atoms with Gasteiger partial charge in [0.1, 0.15) is 5.58 Å². The van der Waals surface area contributed by atoms with E-state index in [1.807, 2.05) is 24.3 Å². The summed E-state index contributed by atoms with van der Waals surface area (Å²) in [4.78, 5) is 0. The minimum atomic E-state index is 0.796. The minimum absolute atomic E-state index is 0.796. The highest BCUT2D eigenvalue weighted by Crippen LogP contribution is 2.48. The lowest BCUT2D eigenvalue weighted by atomic mass is 9.59. The number of nitrogens with one attached hydrogen (secondary N) is 1. The first kappa shape index (κ1) is 23.5. The van der Waals surface area contributed by atoms with Crippen LogP contribution >= 0.6 is 0 Å². The lowest BCUT2D eigenvalue weighted by Gasteiger charge is -2.27. The number of anilines is 2. The van der Waals surface area contributed by atoms with Crippen molar-refractivity contribution in [1.82, 2.24) is 4.57 Å². The van der Waals surface area contributed by atoms with Gasteiger partial charge in [0.2, 0.25) is 0 Å². The molecule has 4 nitrogen and oxygen atoms in total. The van der Waals surface area contributed by atoms with Crippen molar-refractivity contribution in [1.29, 1.82) is 0 Å². The molecule has 45 heavy (non-hydrogen) atoms. The van der Waals surface area contributed by atoms with Gasteiger partial charge in [0.15, 0.2) is 24.4 Å². The van der Waals surface area contributed by atoms with E-state index >= 15 is 0 Å². The molecule has 0 aliphatic carbocycles. The lowest BCUT2D eigenvalue weighted by Crippen LogP contribution is -2.37. The highest BCUT2D eigenvalue weighted by molar-refractivity contribution is 6.74. The van der Waals surface area contributed by atoms with Gasteiger partial charge in [-0.1, -0.05) is 103 Å². The monoisotopic (exact) mass is 574 g/mol. The van der Waals surface area contributed by atoms with E-state index in [9.17, 15) is 0 Å². The van der Waals surface area contributed by atoms with E-state index in [-0.39, 0.29) is 0 Å². The van der Waals surface area contributed by atoms with Crippen LogP contribution in [0.5, 0.6) is 11.5 Å². The van der Waals surface area contributed by atoms with Crippen molar-refractivity contribution in [2.75, 3.05) is 5.32 Å².